The summed E-state index contributed by atoms with van der Waals surface area (Å²) < 4.78 is 5.43. The first-order chi connectivity index (χ1) is 7.88. The van der Waals surface area contributed by atoms with Crippen LogP contribution in [0.3, 0.4) is 0 Å². The molecule has 1 unspecified atom stereocenters. The summed E-state index contributed by atoms with van der Waals surface area (Å²) in [6.07, 6.45) is 4.52. The Bertz CT molecular complexity index is 308. The number of hydrogen-bond acceptors (Lipinski definition) is 4. The van der Waals surface area contributed by atoms with E-state index in [1.54, 1.807) is 11.3 Å². The third kappa shape index (κ3) is 3.54. The first-order valence-corrected chi connectivity index (χ1v) is 7.01. The molecule has 1 aromatic heterocycles. The number of ether oxygens (including phenoxy) is 1. The third-order valence-electron chi connectivity index (χ3n) is 2.88. The van der Waals surface area contributed by atoms with Crippen molar-refractivity contribution in [2.24, 2.45) is 0 Å². The van der Waals surface area contributed by atoms with Crippen molar-refractivity contribution in [3.8, 4) is 0 Å². The molecule has 0 saturated carbocycles. The first kappa shape index (κ1) is 12.0. The van der Waals surface area contributed by atoms with Crippen molar-refractivity contribution in [2.75, 3.05) is 19.8 Å². The van der Waals surface area contributed by atoms with Gasteiger partial charge < -0.3 is 10.1 Å². The van der Waals surface area contributed by atoms with E-state index in [1.807, 2.05) is 0 Å². The number of thiazole rings is 1. The molecule has 1 fully saturated rings. The highest BCUT2D eigenvalue weighted by Crippen LogP contribution is 2.11. The van der Waals surface area contributed by atoms with E-state index >= 15 is 0 Å². The maximum absolute atomic E-state index is 5.43. The highest BCUT2D eigenvalue weighted by atomic mass is 32.1. The molecule has 1 atom stereocenters. The lowest BCUT2D eigenvalue weighted by Crippen LogP contribution is -2.37. The average molecular weight is 240 g/mol. The monoisotopic (exact) mass is 240 g/mol. The summed E-state index contributed by atoms with van der Waals surface area (Å²) in [7, 11) is 0. The van der Waals surface area contributed by atoms with Crippen LogP contribution in [0.2, 0.25) is 0 Å². The standard InChI is InChI=1S/C12H20N2OS/c1-2-12-14-11(9-16-12)5-6-13-10-4-3-7-15-8-10/h9-10,13H,2-8H2,1H3. The molecular weight excluding hydrogens is 220 g/mol. The number of hydrogen-bond donors (Lipinski definition) is 1. The van der Waals surface area contributed by atoms with Crippen LogP contribution in [0.1, 0.15) is 30.5 Å². The van der Waals surface area contributed by atoms with Gasteiger partial charge >= 0.3 is 0 Å². The molecule has 1 aliphatic rings. The second-order valence-corrected chi connectivity index (χ2v) is 5.15. The third-order valence-corrected chi connectivity index (χ3v) is 3.92. The first-order valence-electron chi connectivity index (χ1n) is 6.13. The van der Waals surface area contributed by atoms with Gasteiger partial charge in [0.1, 0.15) is 0 Å². The molecule has 0 spiro atoms. The van der Waals surface area contributed by atoms with Crippen LogP contribution in [0, 0.1) is 0 Å². The summed E-state index contributed by atoms with van der Waals surface area (Å²) in [5.74, 6) is 0. The molecule has 0 bridgehead atoms. The minimum Gasteiger partial charge on any atom is -0.380 e. The van der Waals surface area contributed by atoms with Crippen LogP contribution in [0.5, 0.6) is 0 Å². The summed E-state index contributed by atoms with van der Waals surface area (Å²) in [5.41, 5.74) is 1.23. The highest BCUT2D eigenvalue weighted by Gasteiger charge is 2.12. The minimum atomic E-state index is 0.554. The van der Waals surface area contributed by atoms with Gasteiger partial charge in [-0.3, -0.25) is 0 Å². The molecule has 90 valence electrons. The highest BCUT2D eigenvalue weighted by molar-refractivity contribution is 7.09. The Morgan fingerprint density at radius 1 is 1.62 bits per heavy atom. The Morgan fingerprint density at radius 2 is 2.56 bits per heavy atom. The molecule has 1 saturated heterocycles. The molecule has 1 aromatic rings. The second kappa shape index (κ2) is 6.33. The van der Waals surface area contributed by atoms with Crippen LogP contribution in [-0.4, -0.2) is 30.8 Å². The minimum absolute atomic E-state index is 0.554. The molecule has 4 heteroatoms. The maximum atomic E-state index is 5.43. The van der Waals surface area contributed by atoms with Crippen LogP contribution >= 0.6 is 11.3 Å². The van der Waals surface area contributed by atoms with Crippen molar-refractivity contribution in [3.63, 3.8) is 0 Å². The fraction of sp³-hybridized carbons (Fsp3) is 0.750. The van der Waals surface area contributed by atoms with Crippen LogP contribution in [0.4, 0.5) is 0 Å². The van der Waals surface area contributed by atoms with E-state index in [1.165, 1.54) is 23.5 Å². The van der Waals surface area contributed by atoms with E-state index in [4.69, 9.17) is 4.74 Å². The lowest BCUT2D eigenvalue weighted by atomic mass is 10.1. The normalized spacial score (nSPS) is 21.2. The van der Waals surface area contributed by atoms with Gasteiger partial charge in [-0.05, 0) is 19.3 Å². The maximum Gasteiger partial charge on any atom is 0.0925 e. The lowest BCUT2D eigenvalue weighted by molar-refractivity contribution is 0.0707. The number of aryl methyl sites for hydroxylation is 1. The van der Waals surface area contributed by atoms with Gasteiger partial charge in [0, 0.05) is 31.0 Å². The summed E-state index contributed by atoms with van der Waals surface area (Å²) >= 11 is 1.77. The number of nitrogens with zero attached hydrogens (tertiary/aromatic N) is 1. The number of aromatic nitrogens is 1. The van der Waals surface area contributed by atoms with Crippen LogP contribution in [-0.2, 0) is 17.6 Å². The van der Waals surface area contributed by atoms with E-state index in [0.717, 1.165) is 32.6 Å². The number of nitrogens with one attached hydrogen (secondary N) is 1. The molecule has 1 N–H and O–H groups in total. The van der Waals surface area contributed by atoms with E-state index in [2.05, 4.69) is 22.6 Å². The predicted molar refractivity (Wildman–Crippen MR) is 67.0 cm³/mol. The van der Waals surface area contributed by atoms with Gasteiger partial charge in [0.05, 0.1) is 17.3 Å². The molecule has 2 rings (SSSR count). The van der Waals surface area contributed by atoms with Crippen molar-refractivity contribution in [1.82, 2.24) is 10.3 Å². The van der Waals surface area contributed by atoms with Crippen LogP contribution < -0.4 is 5.32 Å². The predicted octanol–water partition coefficient (Wildman–Crippen LogP) is 2.02. The van der Waals surface area contributed by atoms with Gasteiger partial charge in [-0.15, -0.1) is 11.3 Å². The Kier molecular flexibility index (Phi) is 4.75. The largest absolute Gasteiger partial charge is 0.380 e. The fourth-order valence-corrected chi connectivity index (χ4v) is 2.71. The quantitative estimate of drug-likeness (QED) is 0.855. The zero-order valence-corrected chi connectivity index (χ0v) is 10.7. The Hall–Kier alpha value is -0.450. The van der Waals surface area contributed by atoms with Crippen molar-refractivity contribution in [1.29, 1.82) is 0 Å². The molecule has 0 aliphatic carbocycles. The lowest BCUT2D eigenvalue weighted by Gasteiger charge is -2.22. The zero-order valence-electron chi connectivity index (χ0n) is 9.87. The van der Waals surface area contributed by atoms with Gasteiger partial charge in [0.15, 0.2) is 0 Å². The fourth-order valence-electron chi connectivity index (χ4n) is 1.93. The summed E-state index contributed by atoms with van der Waals surface area (Å²) in [5, 5.41) is 6.96. The Labute approximate surface area is 101 Å². The van der Waals surface area contributed by atoms with E-state index in [-0.39, 0.29) is 0 Å². The van der Waals surface area contributed by atoms with Crippen molar-refractivity contribution in [2.45, 2.75) is 38.6 Å². The van der Waals surface area contributed by atoms with Gasteiger partial charge in [-0.1, -0.05) is 6.92 Å². The molecule has 3 nitrogen and oxygen atoms in total. The topological polar surface area (TPSA) is 34.2 Å². The van der Waals surface area contributed by atoms with E-state index < -0.39 is 0 Å². The van der Waals surface area contributed by atoms with Gasteiger partial charge in [0.2, 0.25) is 0 Å². The SMILES string of the molecule is CCc1nc(CCNC2CCCOC2)cs1. The van der Waals surface area contributed by atoms with Gasteiger partial charge in [0.25, 0.3) is 0 Å². The van der Waals surface area contributed by atoms with Crippen molar-refractivity contribution in [3.05, 3.63) is 16.1 Å². The summed E-state index contributed by atoms with van der Waals surface area (Å²) in [4.78, 5) is 4.56. The molecule has 1 aliphatic heterocycles. The Balaban J connectivity index is 1.66. The van der Waals surface area contributed by atoms with Crippen LogP contribution in [0.25, 0.3) is 0 Å². The Morgan fingerprint density at radius 3 is 3.25 bits per heavy atom. The molecule has 16 heavy (non-hydrogen) atoms. The average Bonchev–Trinajstić information content (AvgIpc) is 2.78. The van der Waals surface area contributed by atoms with Crippen molar-refractivity contribution < 1.29 is 4.74 Å². The molecule has 0 radical (unpaired) electrons. The van der Waals surface area contributed by atoms with E-state index in [9.17, 15) is 0 Å². The molecule has 0 amide bonds. The molecule has 0 aromatic carbocycles. The van der Waals surface area contributed by atoms with Crippen molar-refractivity contribution >= 4 is 11.3 Å². The molecule has 2 heterocycles. The zero-order chi connectivity index (χ0) is 11.2. The summed E-state index contributed by atoms with van der Waals surface area (Å²) in [6.45, 7) is 4.97. The number of rotatable bonds is 5. The van der Waals surface area contributed by atoms with E-state index in [0.29, 0.717) is 6.04 Å². The second-order valence-electron chi connectivity index (χ2n) is 4.20. The van der Waals surface area contributed by atoms with Gasteiger partial charge in [-0.25, -0.2) is 4.98 Å². The smallest absolute Gasteiger partial charge is 0.0925 e. The summed E-state index contributed by atoms with van der Waals surface area (Å²) in [6, 6.07) is 0.554. The van der Waals surface area contributed by atoms with Gasteiger partial charge in [-0.2, -0.15) is 0 Å². The molecular formula is C12H20N2OS. The van der Waals surface area contributed by atoms with Crippen LogP contribution in [0.15, 0.2) is 5.38 Å².